The maximum Gasteiger partial charge on any atom is 0.294 e. The van der Waals surface area contributed by atoms with Crippen molar-refractivity contribution in [3.8, 4) is 0 Å². The minimum atomic E-state index is -0.293. The van der Waals surface area contributed by atoms with Gasteiger partial charge in [-0.25, -0.2) is 0 Å². The third-order valence-electron chi connectivity index (χ3n) is 8.85. The first-order valence-corrected chi connectivity index (χ1v) is 19.2. The largest absolute Gasteiger partial charge is 0.446 e. The Bertz CT molecular complexity index is 1860. The number of nitrogens with zero attached hydrogens (tertiary/aromatic N) is 3. The Morgan fingerprint density at radius 3 is 2.42 bits per heavy atom. The third-order valence-corrected chi connectivity index (χ3v) is 11.5. The number of carbonyl (C=O) groups excluding carboxylic acids is 2. The summed E-state index contributed by atoms with van der Waals surface area (Å²) in [4.78, 5) is 42.5. The van der Waals surface area contributed by atoms with Crippen molar-refractivity contribution in [1.29, 1.82) is 0 Å². The summed E-state index contributed by atoms with van der Waals surface area (Å²) >= 11 is 7.86. The molecule has 2 aliphatic rings. The molecule has 2 aromatic carbocycles. The van der Waals surface area contributed by atoms with E-state index in [4.69, 9.17) is 17.0 Å². The van der Waals surface area contributed by atoms with Crippen molar-refractivity contribution in [2.45, 2.75) is 91.7 Å². The molecular weight excluding hydrogens is 659 g/mol. The summed E-state index contributed by atoms with van der Waals surface area (Å²) in [7, 11) is 0. The van der Waals surface area contributed by atoms with Crippen LogP contribution in [0.5, 0.6) is 0 Å². The molecule has 5 rings (SSSR count). The number of aromatic nitrogens is 1. The van der Waals surface area contributed by atoms with Crippen LogP contribution in [0.1, 0.15) is 88.8 Å². The summed E-state index contributed by atoms with van der Waals surface area (Å²) in [5.41, 5.74) is 7.17. The average molecular weight is 704 g/mol. The Balaban J connectivity index is 1.57. The van der Waals surface area contributed by atoms with Crippen molar-refractivity contribution < 1.29 is 14.3 Å². The van der Waals surface area contributed by atoms with E-state index < -0.39 is 0 Å². The fourth-order valence-electron chi connectivity index (χ4n) is 6.34. The molecule has 0 atom stereocenters. The lowest BCUT2D eigenvalue weighted by Gasteiger charge is -2.27. The second-order valence-corrected chi connectivity index (χ2v) is 14.9. The molecule has 3 aromatic rings. The number of unbranched alkanes of at least 4 members (excludes halogenated alkanes) is 5. The topological polar surface area (TPSA) is 71.8 Å². The van der Waals surface area contributed by atoms with Gasteiger partial charge < -0.3 is 9.64 Å². The van der Waals surface area contributed by atoms with Gasteiger partial charge in [0.05, 0.1) is 4.53 Å². The number of ether oxygens (including phenoxy) is 1. The maximum absolute atomic E-state index is 13.7. The van der Waals surface area contributed by atoms with Crippen LogP contribution in [0, 0.1) is 0 Å². The summed E-state index contributed by atoms with van der Waals surface area (Å²) in [6.45, 7) is 7.78. The summed E-state index contributed by atoms with van der Waals surface area (Å²) in [6, 6.07) is 15.6. The first-order chi connectivity index (χ1) is 23.4. The van der Waals surface area contributed by atoms with Gasteiger partial charge in [0.15, 0.2) is 6.73 Å². The van der Waals surface area contributed by atoms with Crippen LogP contribution in [0.25, 0.3) is 17.1 Å². The first kappa shape index (κ1) is 35.8. The van der Waals surface area contributed by atoms with E-state index in [1.807, 2.05) is 13.0 Å². The number of aryl methyl sites for hydroxylation is 2. The van der Waals surface area contributed by atoms with E-state index in [1.165, 1.54) is 74.3 Å². The molecule has 0 bridgehead atoms. The van der Waals surface area contributed by atoms with E-state index in [1.54, 1.807) is 0 Å². The monoisotopic (exact) mass is 703 g/mol. The highest BCUT2D eigenvalue weighted by Gasteiger charge is 2.33. The highest BCUT2D eigenvalue weighted by molar-refractivity contribution is 8.30. The lowest BCUT2D eigenvalue weighted by Crippen LogP contribution is -2.34. The minimum Gasteiger partial charge on any atom is -0.446 e. The highest BCUT2D eigenvalue weighted by Crippen LogP contribution is 2.37. The van der Waals surface area contributed by atoms with Crippen molar-refractivity contribution in [3.63, 3.8) is 0 Å². The molecule has 1 fully saturated rings. The van der Waals surface area contributed by atoms with E-state index in [9.17, 15) is 14.4 Å². The minimum absolute atomic E-state index is 0.231. The number of anilines is 2. The van der Waals surface area contributed by atoms with E-state index in [0.717, 1.165) is 62.6 Å². The molecule has 0 unspecified atom stereocenters. The molecule has 0 N–H and O–H groups in total. The van der Waals surface area contributed by atoms with Crippen LogP contribution < -0.4 is 19.7 Å². The Labute approximate surface area is 297 Å². The zero-order valence-corrected chi connectivity index (χ0v) is 30.6. The first-order valence-electron chi connectivity index (χ1n) is 17.1. The maximum atomic E-state index is 13.7. The normalized spacial score (nSPS) is 16.3. The predicted octanol–water partition coefficient (Wildman–Crippen LogP) is 7.29. The lowest BCUT2D eigenvalue weighted by atomic mass is 9.99. The number of amides is 1. The quantitative estimate of drug-likeness (QED) is 0.0936. The molecule has 254 valence electrons. The number of rotatable bonds is 15. The molecule has 1 amide bonds. The van der Waals surface area contributed by atoms with E-state index in [2.05, 4.69) is 67.3 Å². The van der Waals surface area contributed by atoms with Gasteiger partial charge in [-0.15, -0.1) is 11.3 Å². The fourth-order valence-corrected chi connectivity index (χ4v) is 8.98. The molecule has 48 heavy (non-hydrogen) atoms. The second kappa shape index (κ2) is 17.3. The number of carbonyl (C=O) groups is 2. The number of hydrogen-bond acceptors (Lipinski definition) is 8. The van der Waals surface area contributed by atoms with Gasteiger partial charge in [0, 0.05) is 24.5 Å². The standard InChI is InChI=1S/C38H45N3O4S3/c1-4-7-9-13-21-40-31-16-12-11-15-29(31)18-19-30-23-28(17-20-32(30)40)22-27(14-10-8-5-2)24-33-35(43)41(25-45-26-42)37(47-33)34-36(44)39(6-3)38(46)48-34/h11-12,15-17,20,22-24,26H,4-10,13-14,18-19,21,25H2,1-3H3/b27-22-,33-24-,37-34+. The van der Waals surface area contributed by atoms with Crippen molar-refractivity contribution in [1.82, 2.24) is 9.47 Å². The molecule has 7 nitrogen and oxygen atoms in total. The Hall–Kier alpha value is -3.47. The molecule has 1 saturated heterocycles. The van der Waals surface area contributed by atoms with Crippen LogP contribution in [0.3, 0.4) is 0 Å². The van der Waals surface area contributed by atoms with Crippen LogP contribution in [0.15, 0.2) is 52.8 Å². The van der Waals surface area contributed by atoms with Crippen molar-refractivity contribution >= 4 is 80.4 Å². The number of allylic oxidation sites excluding steroid dienone is 1. The van der Waals surface area contributed by atoms with Crippen LogP contribution in [-0.4, -0.2) is 39.3 Å². The van der Waals surface area contributed by atoms with Gasteiger partial charge >= 0.3 is 0 Å². The van der Waals surface area contributed by atoms with E-state index in [-0.39, 0.29) is 18.2 Å². The van der Waals surface area contributed by atoms with Gasteiger partial charge in [-0.3, -0.25) is 23.9 Å². The Morgan fingerprint density at radius 1 is 0.917 bits per heavy atom. The molecule has 10 heteroatoms. The molecule has 0 aliphatic carbocycles. The van der Waals surface area contributed by atoms with Crippen LogP contribution >= 0.6 is 35.3 Å². The molecule has 2 aliphatic heterocycles. The Morgan fingerprint density at radius 2 is 1.67 bits per heavy atom. The fraction of sp³-hybridized carbons (Fsp3) is 0.421. The van der Waals surface area contributed by atoms with Gasteiger partial charge in [-0.2, -0.15) is 0 Å². The summed E-state index contributed by atoms with van der Waals surface area (Å²) in [5.74, 6) is -0.231. The highest BCUT2D eigenvalue weighted by atomic mass is 32.2. The number of para-hydroxylation sites is 1. The molecule has 0 saturated carbocycles. The predicted molar refractivity (Wildman–Crippen MR) is 204 cm³/mol. The molecular formula is C38H45N3O4S3. The van der Waals surface area contributed by atoms with Gasteiger partial charge in [0.1, 0.15) is 13.9 Å². The van der Waals surface area contributed by atoms with Gasteiger partial charge in [-0.05, 0) is 85.6 Å². The average Bonchev–Trinajstić information content (AvgIpc) is 3.49. The molecule has 1 aromatic heterocycles. The zero-order chi connectivity index (χ0) is 34.0. The SMILES string of the molecule is CCCCCCN1c2ccccc2CCc2cc(/C=C(\C=c3/s/c(=C4/SC(=S)N(CC)C4=O)n(COC=O)c3=O)CCCCC)ccc21. The van der Waals surface area contributed by atoms with Crippen LogP contribution in [-0.2, 0) is 33.9 Å². The Kier molecular flexibility index (Phi) is 12.9. The van der Waals surface area contributed by atoms with Crippen LogP contribution in [0.4, 0.5) is 11.4 Å². The van der Waals surface area contributed by atoms with Gasteiger partial charge in [-0.1, -0.05) is 100 Å². The molecule has 0 spiro atoms. The smallest absolute Gasteiger partial charge is 0.294 e. The van der Waals surface area contributed by atoms with Gasteiger partial charge in [0.2, 0.25) is 0 Å². The zero-order valence-electron chi connectivity index (χ0n) is 28.2. The van der Waals surface area contributed by atoms with Crippen molar-refractivity contribution in [2.24, 2.45) is 0 Å². The summed E-state index contributed by atoms with van der Waals surface area (Å²) < 4.78 is 7.79. The summed E-state index contributed by atoms with van der Waals surface area (Å²) in [5, 5.41) is 0. The van der Waals surface area contributed by atoms with Gasteiger partial charge in [0.25, 0.3) is 17.9 Å². The van der Waals surface area contributed by atoms with Crippen molar-refractivity contribution in [2.75, 3.05) is 18.0 Å². The number of hydrogen-bond donors (Lipinski definition) is 0. The number of thiazole rings is 1. The van der Waals surface area contributed by atoms with Crippen LogP contribution in [0.2, 0.25) is 0 Å². The third kappa shape index (κ3) is 8.21. The number of thiocarbonyl (C=S) groups is 1. The number of thioether (sulfide) groups is 1. The molecule has 3 heterocycles. The van der Waals surface area contributed by atoms with E-state index >= 15 is 0 Å². The van der Waals surface area contributed by atoms with Crippen molar-refractivity contribution in [3.05, 3.63) is 84.3 Å². The second-order valence-electron chi connectivity index (χ2n) is 12.2. The lowest BCUT2D eigenvalue weighted by molar-refractivity contribution is -0.132. The number of benzene rings is 2. The summed E-state index contributed by atoms with van der Waals surface area (Å²) in [6.07, 6.45) is 14.9. The number of fused-ring (bicyclic) bond motifs is 2. The van der Waals surface area contributed by atoms with E-state index in [0.29, 0.717) is 31.4 Å². The molecule has 0 radical (unpaired) electrons.